The number of benzene rings is 1. The lowest BCUT2D eigenvalue weighted by molar-refractivity contribution is 0.301. The Morgan fingerprint density at radius 1 is 0.947 bits per heavy atom. The van der Waals surface area contributed by atoms with E-state index in [1.165, 1.54) is 69.4 Å². The second-order valence-electron chi connectivity index (χ2n) is 6.14. The Hall–Kier alpha value is -1.02. The number of piperidine rings is 1. The Labute approximate surface area is 117 Å². The van der Waals surface area contributed by atoms with Crippen LogP contribution in [-0.2, 0) is 6.54 Å². The lowest BCUT2D eigenvalue weighted by Crippen LogP contribution is -2.29. The number of nitrogens with one attached hydrogen (secondary N) is 1. The van der Waals surface area contributed by atoms with Crippen LogP contribution in [0.2, 0.25) is 0 Å². The fraction of sp³-hybridized carbons (Fsp3) is 0.647. The summed E-state index contributed by atoms with van der Waals surface area (Å²) < 4.78 is 0. The van der Waals surface area contributed by atoms with Gasteiger partial charge in [-0.3, -0.25) is 0 Å². The Kier molecular flexibility index (Phi) is 4.39. The maximum Gasteiger partial charge on any atom is 0.0366 e. The van der Waals surface area contributed by atoms with Crippen molar-refractivity contribution in [3.63, 3.8) is 0 Å². The summed E-state index contributed by atoms with van der Waals surface area (Å²) in [5.41, 5.74) is 2.82. The second kappa shape index (κ2) is 6.42. The molecule has 0 aromatic heterocycles. The fourth-order valence-electron chi connectivity index (χ4n) is 3.09. The number of rotatable bonds is 5. The highest BCUT2D eigenvalue weighted by atomic mass is 15.1. The quantitative estimate of drug-likeness (QED) is 0.868. The van der Waals surface area contributed by atoms with Crippen molar-refractivity contribution in [1.82, 2.24) is 5.32 Å². The van der Waals surface area contributed by atoms with E-state index in [9.17, 15) is 0 Å². The fourth-order valence-corrected chi connectivity index (χ4v) is 3.09. The first kappa shape index (κ1) is 13.0. The topological polar surface area (TPSA) is 15.3 Å². The summed E-state index contributed by atoms with van der Waals surface area (Å²) in [4.78, 5) is 2.52. The van der Waals surface area contributed by atoms with Gasteiger partial charge in [-0.15, -0.1) is 0 Å². The largest absolute Gasteiger partial charge is 0.372 e. The van der Waals surface area contributed by atoms with Crippen LogP contribution in [0.4, 0.5) is 5.69 Å². The third kappa shape index (κ3) is 3.50. The zero-order chi connectivity index (χ0) is 12.9. The monoisotopic (exact) mass is 258 g/mol. The zero-order valence-corrected chi connectivity index (χ0v) is 11.9. The summed E-state index contributed by atoms with van der Waals surface area (Å²) in [6.07, 6.45) is 8.41. The van der Waals surface area contributed by atoms with E-state index >= 15 is 0 Å². The number of hydrogen-bond acceptors (Lipinski definition) is 2. The van der Waals surface area contributed by atoms with Crippen LogP contribution in [0.3, 0.4) is 0 Å². The van der Waals surface area contributed by atoms with E-state index in [4.69, 9.17) is 0 Å². The standard InChI is InChI=1S/C17H26N2/c1-2-11-19(12-3-1)17-9-7-16(8-10-17)14-18-13-15-5-4-6-15/h7-10,15,18H,1-6,11-14H2. The number of anilines is 1. The van der Waals surface area contributed by atoms with Gasteiger partial charge in [-0.25, -0.2) is 0 Å². The van der Waals surface area contributed by atoms with E-state index in [0.29, 0.717) is 0 Å². The van der Waals surface area contributed by atoms with Crippen LogP contribution < -0.4 is 10.2 Å². The first-order chi connectivity index (χ1) is 9.42. The predicted molar refractivity (Wildman–Crippen MR) is 81.6 cm³/mol. The molecule has 1 saturated heterocycles. The van der Waals surface area contributed by atoms with Crippen molar-refractivity contribution in [2.75, 3.05) is 24.5 Å². The van der Waals surface area contributed by atoms with Gasteiger partial charge in [0.05, 0.1) is 0 Å². The number of hydrogen-bond donors (Lipinski definition) is 1. The maximum atomic E-state index is 3.59. The van der Waals surface area contributed by atoms with E-state index in [2.05, 4.69) is 34.5 Å². The van der Waals surface area contributed by atoms with Gasteiger partial charge in [-0.05, 0) is 62.3 Å². The molecule has 1 aliphatic carbocycles. The molecular formula is C17H26N2. The lowest BCUT2D eigenvalue weighted by Gasteiger charge is -2.29. The Balaban J connectivity index is 1.47. The van der Waals surface area contributed by atoms with Crippen LogP contribution >= 0.6 is 0 Å². The maximum absolute atomic E-state index is 3.59. The molecule has 1 aliphatic heterocycles. The minimum absolute atomic E-state index is 0.952. The molecule has 1 heterocycles. The first-order valence-electron chi connectivity index (χ1n) is 7.96. The summed E-state index contributed by atoms with van der Waals surface area (Å²) in [5.74, 6) is 0.952. The molecule has 1 N–H and O–H groups in total. The van der Waals surface area contributed by atoms with E-state index in [1.54, 1.807) is 0 Å². The molecule has 1 aromatic rings. The molecule has 2 fully saturated rings. The van der Waals surface area contributed by atoms with Crippen LogP contribution in [0.5, 0.6) is 0 Å². The molecule has 104 valence electrons. The van der Waals surface area contributed by atoms with Gasteiger partial charge in [-0.1, -0.05) is 18.6 Å². The lowest BCUT2D eigenvalue weighted by atomic mass is 9.85. The summed E-state index contributed by atoms with van der Waals surface area (Å²) >= 11 is 0. The molecular weight excluding hydrogens is 232 g/mol. The van der Waals surface area contributed by atoms with Gasteiger partial charge < -0.3 is 10.2 Å². The molecule has 0 unspecified atom stereocenters. The van der Waals surface area contributed by atoms with Gasteiger partial charge in [0.15, 0.2) is 0 Å². The number of nitrogens with zero attached hydrogens (tertiary/aromatic N) is 1. The van der Waals surface area contributed by atoms with E-state index in [1.807, 2.05) is 0 Å². The molecule has 1 saturated carbocycles. The average molecular weight is 258 g/mol. The highest BCUT2D eigenvalue weighted by Crippen LogP contribution is 2.25. The molecule has 19 heavy (non-hydrogen) atoms. The van der Waals surface area contributed by atoms with Crippen molar-refractivity contribution in [3.05, 3.63) is 29.8 Å². The zero-order valence-electron chi connectivity index (χ0n) is 11.9. The predicted octanol–water partition coefficient (Wildman–Crippen LogP) is 3.57. The van der Waals surface area contributed by atoms with Gasteiger partial charge in [0.1, 0.15) is 0 Å². The molecule has 0 bridgehead atoms. The summed E-state index contributed by atoms with van der Waals surface area (Å²) in [6.45, 7) is 4.70. The van der Waals surface area contributed by atoms with E-state index < -0.39 is 0 Å². The van der Waals surface area contributed by atoms with Crippen molar-refractivity contribution < 1.29 is 0 Å². The van der Waals surface area contributed by atoms with Gasteiger partial charge in [0, 0.05) is 25.3 Å². The summed E-state index contributed by atoms with van der Waals surface area (Å²) in [7, 11) is 0. The Bertz CT molecular complexity index is 375. The third-order valence-corrected chi connectivity index (χ3v) is 4.64. The van der Waals surface area contributed by atoms with Crippen LogP contribution in [0.15, 0.2) is 24.3 Å². The van der Waals surface area contributed by atoms with Crippen molar-refractivity contribution in [1.29, 1.82) is 0 Å². The molecule has 0 atom stereocenters. The van der Waals surface area contributed by atoms with Crippen LogP contribution in [0.1, 0.15) is 44.1 Å². The first-order valence-corrected chi connectivity index (χ1v) is 7.96. The average Bonchev–Trinajstić information content (AvgIpc) is 2.43. The molecule has 3 rings (SSSR count). The van der Waals surface area contributed by atoms with Gasteiger partial charge >= 0.3 is 0 Å². The minimum atomic E-state index is 0.952. The SMILES string of the molecule is c1cc(N2CCCCC2)ccc1CNCC1CCC1. The van der Waals surface area contributed by atoms with Crippen molar-refractivity contribution in [2.45, 2.75) is 45.1 Å². The molecule has 0 spiro atoms. The van der Waals surface area contributed by atoms with Crippen molar-refractivity contribution >= 4 is 5.69 Å². The molecule has 0 amide bonds. The summed E-state index contributed by atoms with van der Waals surface area (Å²) in [5, 5.41) is 3.59. The van der Waals surface area contributed by atoms with Crippen LogP contribution in [0.25, 0.3) is 0 Å². The highest BCUT2D eigenvalue weighted by molar-refractivity contribution is 5.47. The molecule has 2 heteroatoms. The Morgan fingerprint density at radius 3 is 2.32 bits per heavy atom. The van der Waals surface area contributed by atoms with Crippen molar-refractivity contribution in [3.8, 4) is 0 Å². The minimum Gasteiger partial charge on any atom is -0.372 e. The van der Waals surface area contributed by atoms with Gasteiger partial charge in [0.2, 0.25) is 0 Å². The Morgan fingerprint density at radius 2 is 1.68 bits per heavy atom. The molecule has 0 radical (unpaired) electrons. The molecule has 2 aliphatic rings. The molecule has 2 nitrogen and oxygen atoms in total. The van der Waals surface area contributed by atoms with E-state index in [-0.39, 0.29) is 0 Å². The van der Waals surface area contributed by atoms with Gasteiger partial charge in [-0.2, -0.15) is 0 Å². The summed E-state index contributed by atoms with van der Waals surface area (Å²) in [6, 6.07) is 9.17. The second-order valence-corrected chi connectivity index (χ2v) is 6.14. The smallest absolute Gasteiger partial charge is 0.0366 e. The van der Waals surface area contributed by atoms with Crippen LogP contribution in [0, 0.1) is 5.92 Å². The van der Waals surface area contributed by atoms with Gasteiger partial charge in [0.25, 0.3) is 0 Å². The van der Waals surface area contributed by atoms with Crippen molar-refractivity contribution in [2.24, 2.45) is 5.92 Å². The highest BCUT2D eigenvalue weighted by Gasteiger charge is 2.16. The van der Waals surface area contributed by atoms with E-state index in [0.717, 1.165) is 12.5 Å². The van der Waals surface area contributed by atoms with Crippen LogP contribution in [-0.4, -0.2) is 19.6 Å². The normalized spacial score (nSPS) is 20.3. The third-order valence-electron chi connectivity index (χ3n) is 4.64. The molecule has 1 aromatic carbocycles.